The first-order chi connectivity index (χ1) is 16.7. The van der Waals surface area contributed by atoms with Gasteiger partial charge >= 0.3 is 0 Å². The number of hydrogen-bond donors (Lipinski definition) is 1. The van der Waals surface area contributed by atoms with Gasteiger partial charge in [0.25, 0.3) is 6.43 Å². The van der Waals surface area contributed by atoms with Crippen molar-refractivity contribution < 1.29 is 18.0 Å². The fourth-order valence-corrected chi connectivity index (χ4v) is 4.36. The van der Waals surface area contributed by atoms with E-state index in [-0.39, 0.29) is 11.5 Å². The minimum absolute atomic E-state index is 0.0299. The van der Waals surface area contributed by atoms with Crippen molar-refractivity contribution in [3.63, 3.8) is 0 Å². The molecule has 0 saturated heterocycles. The highest BCUT2D eigenvalue weighted by Gasteiger charge is 2.24. The van der Waals surface area contributed by atoms with Gasteiger partial charge in [-0.15, -0.1) is 10.2 Å². The summed E-state index contributed by atoms with van der Waals surface area (Å²) in [4.78, 5) is 22.6. The Kier molecular flexibility index (Phi) is 5.62. The van der Waals surface area contributed by atoms with Gasteiger partial charge in [-0.05, 0) is 25.5 Å². The minimum Gasteiger partial charge on any atom is -0.363 e. The van der Waals surface area contributed by atoms with Gasteiger partial charge in [0.2, 0.25) is 5.91 Å². The number of fused-ring (bicyclic) bond motifs is 3. The van der Waals surface area contributed by atoms with Gasteiger partial charge < -0.3 is 10.2 Å². The molecule has 1 amide bonds. The molecule has 5 rings (SSSR count). The molecule has 11 heteroatoms. The summed E-state index contributed by atoms with van der Waals surface area (Å²) in [7, 11) is 0. The fraction of sp³-hybridized carbons (Fsp3) is 0.292. The lowest BCUT2D eigenvalue weighted by Crippen LogP contribution is -2.25. The van der Waals surface area contributed by atoms with Crippen LogP contribution in [-0.2, 0) is 4.79 Å². The Bertz CT molecular complexity index is 1500. The molecule has 1 aliphatic rings. The third kappa shape index (κ3) is 3.96. The van der Waals surface area contributed by atoms with Crippen LogP contribution in [0.25, 0.3) is 22.3 Å². The van der Waals surface area contributed by atoms with Crippen molar-refractivity contribution in [3.8, 4) is 0 Å². The normalized spacial score (nSPS) is 14.7. The maximum atomic E-state index is 14.8. The van der Waals surface area contributed by atoms with Gasteiger partial charge in [0, 0.05) is 31.1 Å². The molecule has 0 aliphatic carbocycles. The molecule has 0 unspecified atom stereocenters. The fourth-order valence-electron chi connectivity index (χ4n) is 4.36. The zero-order valence-corrected chi connectivity index (χ0v) is 19.3. The molecular formula is C24H22F3N7O. The molecule has 8 nitrogen and oxygen atoms in total. The predicted molar refractivity (Wildman–Crippen MR) is 124 cm³/mol. The lowest BCUT2D eigenvalue weighted by molar-refractivity contribution is -0.127. The van der Waals surface area contributed by atoms with Gasteiger partial charge in [0.05, 0.1) is 17.0 Å². The van der Waals surface area contributed by atoms with E-state index in [1.807, 2.05) is 12.1 Å². The van der Waals surface area contributed by atoms with Crippen molar-refractivity contribution in [1.29, 1.82) is 0 Å². The Hall–Kier alpha value is -4.02. The third-order valence-electron chi connectivity index (χ3n) is 6.17. The van der Waals surface area contributed by atoms with Crippen molar-refractivity contribution in [1.82, 2.24) is 29.5 Å². The number of alkyl halides is 2. The summed E-state index contributed by atoms with van der Waals surface area (Å²) >= 11 is 0. The van der Waals surface area contributed by atoms with E-state index in [9.17, 15) is 18.0 Å². The molecule has 1 atom stereocenters. The smallest absolute Gasteiger partial charge is 0.266 e. The third-order valence-corrected chi connectivity index (χ3v) is 6.17. The van der Waals surface area contributed by atoms with E-state index >= 15 is 0 Å². The zero-order valence-electron chi connectivity index (χ0n) is 19.3. The average Bonchev–Trinajstić information content (AvgIpc) is 3.49. The van der Waals surface area contributed by atoms with Crippen LogP contribution in [0.15, 0.2) is 36.7 Å². The van der Waals surface area contributed by atoms with E-state index in [0.717, 1.165) is 17.2 Å². The quantitative estimate of drug-likeness (QED) is 0.452. The molecule has 0 bridgehead atoms. The minimum atomic E-state index is -2.91. The molecule has 3 aromatic heterocycles. The standard InChI is InChI=1S/C24H22F3N7O/c1-12(16-5-4-6-17(20(16)25)21(26)27)29-22-19-9-18(15-7-8-33(10-15)14(3)35)24-32-28-11-34(24)23(19)31-13(2)30-22/h4-7,9,11-12,21H,8,10H2,1-3H3,(H,29,30,31)/t12-/m1/s1. The first-order valence-corrected chi connectivity index (χ1v) is 11.0. The van der Waals surface area contributed by atoms with E-state index in [2.05, 4.69) is 25.5 Å². The Balaban J connectivity index is 1.62. The maximum Gasteiger partial charge on any atom is 0.266 e. The molecule has 0 spiro atoms. The highest BCUT2D eigenvalue weighted by atomic mass is 19.3. The number of hydrogen-bond acceptors (Lipinski definition) is 6. The van der Waals surface area contributed by atoms with Crippen LogP contribution in [0.2, 0.25) is 0 Å². The van der Waals surface area contributed by atoms with E-state index in [1.165, 1.54) is 19.1 Å². The highest BCUT2D eigenvalue weighted by Crippen LogP contribution is 2.33. The SMILES string of the molecule is CC(=O)N1CC=C(c2cc3c(N[C@H](C)c4cccc(C(F)F)c4F)nc(C)nc3n3cnnc23)C1. The molecule has 35 heavy (non-hydrogen) atoms. The number of benzene rings is 1. The summed E-state index contributed by atoms with van der Waals surface area (Å²) in [6.45, 7) is 5.85. The highest BCUT2D eigenvalue weighted by molar-refractivity contribution is 5.95. The summed E-state index contributed by atoms with van der Waals surface area (Å²) < 4.78 is 43.0. The van der Waals surface area contributed by atoms with E-state index in [0.29, 0.717) is 41.4 Å². The number of amides is 1. The Morgan fingerprint density at radius 1 is 1.17 bits per heavy atom. The maximum absolute atomic E-state index is 14.8. The van der Waals surface area contributed by atoms with Crippen LogP contribution in [0, 0.1) is 12.7 Å². The van der Waals surface area contributed by atoms with Crippen molar-refractivity contribution in [3.05, 3.63) is 65.0 Å². The summed E-state index contributed by atoms with van der Waals surface area (Å²) in [6.07, 6.45) is 0.598. The number of nitrogens with zero attached hydrogens (tertiary/aromatic N) is 6. The van der Waals surface area contributed by atoms with Crippen LogP contribution in [0.4, 0.5) is 19.0 Å². The van der Waals surface area contributed by atoms with Gasteiger partial charge in [-0.2, -0.15) is 0 Å². The van der Waals surface area contributed by atoms with Crippen molar-refractivity contribution >= 4 is 34.0 Å². The first kappa shape index (κ1) is 22.8. The second-order valence-corrected chi connectivity index (χ2v) is 8.49. The number of halogens is 3. The largest absolute Gasteiger partial charge is 0.363 e. The second kappa shape index (κ2) is 8.64. The van der Waals surface area contributed by atoms with Gasteiger partial charge in [0.15, 0.2) is 11.3 Å². The van der Waals surface area contributed by atoms with Crippen molar-refractivity contribution in [2.75, 3.05) is 18.4 Å². The molecule has 0 fully saturated rings. The van der Waals surface area contributed by atoms with Gasteiger partial charge in [-0.3, -0.25) is 9.20 Å². The summed E-state index contributed by atoms with van der Waals surface area (Å²) in [5, 5.41) is 12.1. The number of pyridine rings is 1. The van der Waals surface area contributed by atoms with Crippen LogP contribution < -0.4 is 5.32 Å². The van der Waals surface area contributed by atoms with Crippen LogP contribution in [0.1, 0.15) is 48.8 Å². The van der Waals surface area contributed by atoms with Crippen LogP contribution in [0.5, 0.6) is 0 Å². The van der Waals surface area contributed by atoms with Crippen LogP contribution in [-0.4, -0.2) is 48.5 Å². The summed E-state index contributed by atoms with van der Waals surface area (Å²) in [6, 6.07) is 5.17. The molecule has 4 aromatic rings. The van der Waals surface area contributed by atoms with Gasteiger partial charge in [0.1, 0.15) is 23.8 Å². The summed E-state index contributed by atoms with van der Waals surface area (Å²) in [5.74, 6) is -0.0991. The molecule has 1 N–H and O–H groups in total. The first-order valence-electron chi connectivity index (χ1n) is 11.0. The van der Waals surface area contributed by atoms with E-state index in [1.54, 1.807) is 29.5 Å². The Morgan fingerprint density at radius 3 is 2.66 bits per heavy atom. The predicted octanol–water partition coefficient (Wildman–Crippen LogP) is 4.48. The van der Waals surface area contributed by atoms with Crippen molar-refractivity contribution in [2.45, 2.75) is 33.2 Å². The van der Waals surface area contributed by atoms with Gasteiger partial charge in [-0.25, -0.2) is 23.1 Å². The lowest BCUT2D eigenvalue weighted by Gasteiger charge is -2.19. The Morgan fingerprint density at radius 2 is 1.94 bits per heavy atom. The lowest BCUT2D eigenvalue weighted by atomic mass is 10.0. The molecule has 0 radical (unpaired) electrons. The molecular weight excluding hydrogens is 459 g/mol. The number of nitrogens with one attached hydrogen (secondary N) is 1. The number of aryl methyl sites for hydroxylation is 1. The molecule has 1 aliphatic heterocycles. The van der Waals surface area contributed by atoms with Crippen LogP contribution >= 0.6 is 0 Å². The number of rotatable bonds is 5. The molecule has 180 valence electrons. The molecule has 0 saturated carbocycles. The Labute approximate surface area is 198 Å². The monoisotopic (exact) mass is 481 g/mol. The number of anilines is 1. The molecule has 1 aromatic carbocycles. The number of aromatic nitrogens is 5. The topological polar surface area (TPSA) is 88.3 Å². The zero-order chi connectivity index (χ0) is 24.9. The van der Waals surface area contributed by atoms with Crippen molar-refractivity contribution in [2.24, 2.45) is 0 Å². The summed E-state index contributed by atoms with van der Waals surface area (Å²) in [5.41, 5.74) is 2.27. The number of carbonyl (C=O) groups excluding carboxylic acids is 1. The number of carbonyl (C=O) groups is 1. The van der Waals surface area contributed by atoms with Gasteiger partial charge in [-0.1, -0.05) is 24.3 Å². The van der Waals surface area contributed by atoms with E-state index in [4.69, 9.17) is 0 Å². The average molecular weight is 481 g/mol. The second-order valence-electron chi connectivity index (χ2n) is 8.49. The molecule has 4 heterocycles. The van der Waals surface area contributed by atoms with E-state index < -0.39 is 23.8 Å². The van der Waals surface area contributed by atoms with Crippen LogP contribution in [0.3, 0.4) is 0 Å².